The van der Waals surface area contributed by atoms with Crippen LogP contribution in [0.4, 0.5) is 0 Å². The number of hydrogen-bond donors (Lipinski definition) is 1. The summed E-state index contributed by atoms with van der Waals surface area (Å²) in [6, 6.07) is 1.99. The molecule has 1 aliphatic rings. The summed E-state index contributed by atoms with van der Waals surface area (Å²) in [5, 5.41) is 0. The van der Waals surface area contributed by atoms with Gasteiger partial charge < -0.3 is 4.98 Å². The number of aryl methyl sites for hydroxylation is 1. The Morgan fingerprint density at radius 1 is 1.27 bits per heavy atom. The highest BCUT2D eigenvalue weighted by molar-refractivity contribution is 7.71. The van der Waals surface area contributed by atoms with Gasteiger partial charge in [-0.15, -0.1) is 0 Å². The highest BCUT2D eigenvalue weighted by Crippen LogP contribution is 2.19. The third-order valence-electron chi connectivity index (χ3n) is 2.26. The molecule has 2 heteroatoms. The van der Waals surface area contributed by atoms with Crippen LogP contribution < -0.4 is 0 Å². The minimum absolute atomic E-state index is 1.04. The van der Waals surface area contributed by atoms with Gasteiger partial charge in [-0.1, -0.05) is 12.2 Å². The summed E-state index contributed by atoms with van der Waals surface area (Å²) in [5.74, 6) is 0. The van der Waals surface area contributed by atoms with Crippen molar-refractivity contribution in [3.05, 3.63) is 28.0 Å². The van der Waals surface area contributed by atoms with Gasteiger partial charge in [0.25, 0.3) is 0 Å². The number of aromatic amines is 1. The first-order valence-corrected chi connectivity index (χ1v) is 4.48. The maximum atomic E-state index is 5.22. The summed E-state index contributed by atoms with van der Waals surface area (Å²) in [6.45, 7) is 0. The number of fused-ring (bicyclic) bond motifs is 1. The van der Waals surface area contributed by atoms with Crippen LogP contribution in [0.15, 0.2) is 12.3 Å². The van der Waals surface area contributed by atoms with Crippen molar-refractivity contribution in [1.29, 1.82) is 0 Å². The predicted molar refractivity (Wildman–Crippen MR) is 48.3 cm³/mol. The molecule has 0 amide bonds. The Balaban J connectivity index is 2.58. The molecule has 1 aliphatic carbocycles. The highest BCUT2D eigenvalue weighted by Gasteiger charge is 2.09. The fourth-order valence-electron chi connectivity index (χ4n) is 1.66. The lowest BCUT2D eigenvalue weighted by Crippen LogP contribution is -2.04. The standard InChI is InChI=1S/C9H11NS/c11-9-5-6-10-8-4-2-1-3-7(8)9/h5-6H,1-4H2,(H,10,11). The highest BCUT2D eigenvalue weighted by atomic mass is 32.1. The van der Waals surface area contributed by atoms with Crippen LogP contribution >= 0.6 is 12.2 Å². The SMILES string of the molecule is S=c1cc[nH]c2c1CCCC2. The summed E-state index contributed by atoms with van der Waals surface area (Å²) in [4.78, 5) is 3.26. The molecule has 0 saturated heterocycles. The Bertz CT molecular complexity index is 314. The molecular formula is C9H11NS. The second kappa shape index (κ2) is 2.78. The molecule has 1 heterocycles. The number of H-pyrrole nitrogens is 1. The molecule has 0 fully saturated rings. The largest absolute Gasteiger partial charge is 0.365 e. The van der Waals surface area contributed by atoms with E-state index in [-0.39, 0.29) is 0 Å². The number of rotatable bonds is 0. The molecule has 58 valence electrons. The third-order valence-corrected chi connectivity index (χ3v) is 2.64. The van der Waals surface area contributed by atoms with Crippen molar-refractivity contribution in [3.63, 3.8) is 0 Å². The maximum absolute atomic E-state index is 5.22. The van der Waals surface area contributed by atoms with Gasteiger partial charge in [-0.3, -0.25) is 0 Å². The zero-order valence-corrected chi connectivity index (χ0v) is 7.21. The van der Waals surface area contributed by atoms with Crippen LogP contribution in [0.3, 0.4) is 0 Å². The number of hydrogen-bond acceptors (Lipinski definition) is 1. The minimum atomic E-state index is 1.04. The topological polar surface area (TPSA) is 15.8 Å². The van der Waals surface area contributed by atoms with Crippen LogP contribution in [0.5, 0.6) is 0 Å². The Morgan fingerprint density at radius 3 is 2.91 bits per heavy atom. The van der Waals surface area contributed by atoms with Crippen LogP contribution in [-0.4, -0.2) is 4.98 Å². The van der Waals surface area contributed by atoms with Crippen LogP contribution in [-0.2, 0) is 12.8 Å². The summed E-state index contributed by atoms with van der Waals surface area (Å²) in [5.41, 5.74) is 2.75. The smallest absolute Gasteiger partial charge is 0.0440 e. The van der Waals surface area contributed by atoms with Crippen molar-refractivity contribution in [2.24, 2.45) is 0 Å². The zero-order chi connectivity index (χ0) is 7.68. The molecule has 0 unspecified atom stereocenters. The van der Waals surface area contributed by atoms with E-state index in [9.17, 15) is 0 Å². The van der Waals surface area contributed by atoms with Gasteiger partial charge in [0.05, 0.1) is 0 Å². The van der Waals surface area contributed by atoms with Crippen molar-refractivity contribution in [2.45, 2.75) is 25.7 Å². The van der Waals surface area contributed by atoms with Crippen molar-refractivity contribution in [3.8, 4) is 0 Å². The molecule has 0 radical (unpaired) electrons. The van der Waals surface area contributed by atoms with Gasteiger partial charge in [-0.05, 0) is 37.3 Å². The van der Waals surface area contributed by atoms with Gasteiger partial charge in [0.15, 0.2) is 0 Å². The van der Waals surface area contributed by atoms with E-state index in [1.807, 2.05) is 12.3 Å². The monoisotopic (exact) mass is 165 g/mol. The maximum Gasteiger partial charge on any atom is 0.0440 e. The molecule has 1 aromatic heterocycles. The van der Waals surface area contributed by atoms with Crippen LogP contribution in [0.1, 0.15) is 24.1 Å². The average Bonchev–Trinajstić information content (AvgIpc) is 2.06. The molecule has 0 spiro atoms. The third kappa shape index (κ3) is 1.23. The second-order valence-corrected chi connectivity index (χ2v) is 3.45. The first kappa shape index (κ1) is 7.04. The molecule has 2 rings (SSSR count). The van der Waals surface area contributed by atoms with Gasteiger partial charge in [0, 0.05) is 16.4 Å². The lowest BCUT2D eigenvalue weighted by atomic mass is 9.96. The molecule has 1 N–H and O–H groups in total. The Labute approximate surface area is 71.5 Å². The van der Waals surface area contributed by atoms with Crippen molar-refractivity contribution < 1.29 is 0 Å². The lowest BCUT2D eigenvalue weighted by molar-refractivity contribution is 0.666. The van der Waals surface area contributed by atoms with Crippen molar-refractivity contribution in [1.82, 2.24) is 4.98 Å². The molecule has 0 bridgehead atoms. The Morgan fingerprint density at radius 2 is 2.09 bits per heavy atom. The van der Waals surface area contributed by atoms with Crippen LogP contribution in [0.2, 0.25) is 0 Å². The Hall–Kier alpha value is -0.630. The molecule has 0 aromatic carbocycles. The van der Waals surface area contributed by atoms with E-state index in [4.69, 9.17) is 12.2 Å². The van der Waals surface area contributed by atoms with Crippen molar-refractivity contribution >= 4 is 12.2 Å². The second-order valence-electron chi connectivity index (χ2n) is 3.01. The number of nitrogens with one attached hydrogen (secondary N) is 1. The summed E-state index contributed by atoms with van der Waals surface area (Å²) < 4.78 is 1.04. The normalized spacial score (nSPS) is 16.0. The lowest BCUT2D eigenvalue weighted by Gasteiger charge is -2.14. The molecular weight excluding hydrogens is 154 g/mol. The van der Waals surface area contributed by atoms with E-state index in [2.05, 4.69) is 4.98 Å². The van der Waals surface area contributed by atoms with Gasteiger partial charge in [0.2, 0.25) is 0 Å². The van der Waals surface area contributed by atoms with Gasteiger partial charge >= 0.3 is 0 Å². The first-order chi connectivity index (χ1) is 5.38. The fraction of sp³-hybridized carbons (Fsp3) is 0.444. The Kier molecular flexibility index (Phi) is 1.78. The predicted octanol–water partition coefficient (Wildman–Crippen LogP) is 2.62. The van der Waals surface area contributed by atoms with E-state index >= 15 is 0 Å². The van der Waals surface area contributed by atoms with Gasteiger partial charge in [0.1, 0.15) is 0 Å². The molecule has 0 saturated carbocycles. The first-order valence-electron chi connectivity index (χ1n) is 4.07. The average molecular weight is 165 g/mol. The van der Waals surface area contributed by atoms with Crippen molar-refractivity contribution in [2.75, 3.05) is 0 Å². The minimum Gasteiger partial charge on any atom is -0.365 e. The molecule has 0 aliphatic heterocycles. The van der Waals surface area contributed by atoms with Gasteiger partial charge in [-0.25, -0.2) is 0 Å². The number of aromatic nitrogens is 1. The van der Waals surface area contributed by atoms with E-state index in [1.54, 1.807) is 0 Å². The van der Waals surface area contributed by atoms with Gasteiger partial charge in [-0.2, -0.15) is 0 Å². The molecule has 1 aromatic rings. The zero-order valence-electron chi connectivity index (χ0n) is 6.39. The van der Waals surface area contributed by atoms with Crippen LogP contribution in [0, 0.1) is 4.51 Å². The van der Waals surface area contributed by atoms with E-state index in [0.717, 1.165) is 4.51 Å². The van der Waals surface area contributed by atoms with E-state index < -0.39 is 0 Å². The van der Waals surface area contributed by atoms with E-state index in [1.165, 1.54) is 36.9 Å². The molecule has 0 atom stereocenters. The number of pyridine rings is 1. The summed E-state index contributed by atoms with van der Waals surface area (Å²) >= 11 is 5.22. The molecule has 11 heavy (non-hydrogen) atoms. The fourth-order valence-corrected chi connectivity index (χ4v) is 1.95. The molecule has 1 nitrogen and oxygen atoms in total. The summed E-state index contributed by atoms with van der Waals surface area (Å²) in [6.07, 6.45) is 6.91. The van der Waals surface area contributed by atoms with Crippen LogP contribution in [0.25, 0.3) is 0 Å². The quantitative estimate of drug-likeness (QED) is 0.584. The van der Waals surface area contributed by atoms with E-state index in [0.29, 0.717) is 0 Å². The summed E-state index contributed by atoms with van der Waals surface area (Å²) in [7, 11) is 0.